The zero-order valence-corrected chi connectivity index (χ0v) is 19.4. The molecule has 1 heterocycles. The zero-order valence-electron chi connectivity index (χ0n) is 18.6. The average molecular weight is 464 g/mol. The quantitative estimate of drug-likeness (QED) is 0.375. The van der Waals surface area contributed by atoms with Gasteiger partial charge in [-0.25, -0.2) is 8.42 Å². The second-order valence-corrected chi connectivity index (χ2v) is 9.48. The maximum atomic E-state index is 12.8. The molecule has 0 atom stereocenters. The Balaban J connectivity index is 1.47. The molecule has 0 saturated carbocycles. The molecule has 1 amide bonds. The minimum absolute atomic E-state index is 0.00538. The second-order valence-electron chi connectivity index (χ2n) is 7.80. The van der Waals surface area contributed by atoms with Crippen molar-refractivity contribution < 1.29 is 17.9 Å². The molecule has 0 saturated heterocycles. The van der Waals surface area contributed by atoms with Crippen molar-refractivity contribution in [3.8, 4) is 5.75 Å². The lowest BCUT2D eigenvalue weighted by Gasteiger charge is -2.10. The van der Waals surface area contributed by atoms with E-state index in [0.29, 0.717) is 18.0 Å². The smallest absolute Gasteiger partial charge is 0.261 e. The van der Waals surface area contributed by atoms with Crippen LogP contribution in [-0.2, 0) is 16.6 Å². The number of aromatic amines is 1. The Morgan fingerprint density at radius 2 is 1.76 bits per heavy atom. The molecule has 0 bridgehead atoms. The highest BCUT2D eigenvalue weighted by Crippen LogP contribution is 2.23. The third kappa shape index (κ3) is 4.85. The van der Waals surface area contributed by atoms with Crippen LogP contribution < -0.4 is 14.8 Å². The average Bonchev–Trinajstić information content (AvgIpc) is 3.11. The summed E-state index contributed by atoms with van der Waals surface area (Å²) in [5.74, 6) is 0.274. The summed E-state index contributed by atoms with van der Waals surface area (Å²) < 4.78 is 33.2. The fourth-order valence-corrected chi connectivity index (χ4v) is 4.68. The predicted octanol–water partition coefficient (Wildman–Crippen LogP) is 4.52. The molecule has 0 aliphatic heterocycles. The van der Waals surface area contributed by atoms with Gasteiger partial charge in [0.1, 0.15) is 5.75 Å². The number of sulfonamides is 1. The van der Waals surface area contributed by atoms with Crippen molar-refractivity contribution in [2.45, 2.75) is 25.3 Å². The summed E-state index contributed by atoms with van der Waals surface area (Å²) in [7, 11) is -2.32. The van der Waals surface area contributed by atoms with Crippen molar-refractivity contribution in [1.29, 1.82) is 0 Å². The molecule has 4 rings (SSSR count). The minimum Gasteiger partial charge on any atom is -0.497 e. The van der Waals surface area contributed by atoms with E-state index in [1.807, 2.05) is 25.1 Å². The van der Waals surface area contributed by atoms with Crippen LogP contribution in [0.3, 0.4) is 0 Å². The molecule has 33 heavy (non-hydrogen) atoms. The Morgan fingerprint density at radius 1 is 1.00 bits per heavy atom. The third-order valence-corrected chi connectivity index (χ3v) is 6.95. The summed E-state index contributed by atoms with van der Waals surface area (Å²) in [6.07, 6.45) is 0. The van der Waals surface area contributed by atoms with Gasteiger partial charge >= 0.3 is 0 Å². The lowest BCUT2D eigenvalue weighted by atomic mass is 10.1. The van der Waals surface area contributed by atoms with E-state index in [1.165, 1.54) is 24.8 Å². The first kappa shape index (κ1) is 22.4. The number of H-pyrrole nitrogens is 1. The van der Waals surface area contributed by atoms with E-state index in [4.69, 9.17) is 4.74 Å². The van der Waals surface area contributed by atoms with E-state index < -0.39 is 10.0 Å². The van der Waals surface area contributed by atoms with Gasteiger partial charge in [-0.05, 0) is 79.6 Å². The van der Waals surface area contributed by atoms with E-state index in [-0.39, 0.29) is 16.4 Å². The van der Waals surface area contributed by atoms with Crippen molar-refractivity contribution >= 4 is 32.5 Å². The molecule has 0 unspecified atom stereocenters. The van der Waals surface area contributed by atoms with E-state index in [0.717, 1.165) is 22.2 Å². The first-order valence-corrected chi connectivity index (χ1v) is 11.9. The number of carbonyl (C=O) groups excluding carboxylic acids is 1. The maximum absolute atomic E-state index is 12.8. The van der Waals surface area contributed by atoms with Gasteiger partial charge in [-0.3, -0.25) is 9.52 Å². The lowest BCUT2D eigenvalue weighted by molar-refractivity contribution is 0.0950. The number of anilines is 1. The fraction of sp³-hybridized carbons (Fsp3) is 0.160. The van der Waals surface area contributed by atoms with Crippen LogP contribution in [0.5, 0.6) is 5.75 Å². The van der Waals surface area contributed by atoms with E-state index in [9.17, 15) is 13.2 Å². The number of amides is 1. The fourth-order valence-electron chi connectivity index (χ4n) is 3.58. The summed E-state index contributed by atoms with van der Waals surface area (Å²) in [5.41, 5.74) is 4.98. The molecule has 4 aromatic rings. The van der Waals surface area contributed by atoms with Crippen LogP contribution in [-0.4, -0.2) is 26.4 Å². The first-order valence-electron chi connectivity index (χ1n) is 10.4. The summed E-state index contributed by atoms with van der Waals surface area (Å²) in [6, 6.07) is 18.5. The van der Waals surface area contributed by atoms with Gasteiger partial charge < -0.3 is 15.0 Å². The van der Waals surface area contributed by atoms with Crippen molar-refractivity contribution in [2.75, 3.05) is 11.8 Å². The molecule has 0 radical (unpaired) electrons. The summed E-state index contributed by atoms with van der Waals surface area (Å²) in [6.45, 7) is 4.42. The number of aromatic nitrogens is 1. The van der Waals surface area contributed by atoms with Crippen LogP contribution in [0.25, 0.3) is 10.9 Å². The van der Waals surface area contributed by atoms with Crippen LogP contribution in [0.2, 0.25) is 0 Å². The van der Waals surface area contributed by atoms with Gasteiger partial charge in [-0.2, -0.15) is 0 Å². The second kappa shape index (κ2) is 8.99. The topological polar surface area (TPSA) is 100 Å². The monoisotopic (exact) mass is 463 g/mol. The van der Waals surface area contributed by atoms with Crippen LogP contribution in [0.15, 0.2) is 71.6 Å². The van der Waals surface area contributed by atoms with Crippen molar-refractivity contribution in [3.05, 3.63) is 89.1 Å². The number of methoxy groups -OCH3 is 1. The number of rotatable bonds is 7. The third-order valence-electron chi connectivity index (χ3n) is 5.57. The molecule has 0 aliphatic carbocycles. The molecule has 1 aromatic heterocycles. The van der Waals surface area contributed by atoms with Gasteiger partial charge in [0.05, 0.1) is 12.0 Å². The molecule has 3 aromatic carbocycles. The summed E-state index contributed by atoms with van der Waals surface area (Å²) in [5, 5.41) is 3.99. The Kier molecular flexibility index (Phi) is 6.11. The van der Waals surface area contributed by atoms with Crippen molar-refractivity contribution in [2.24, 2.45) is 0 Å². The SMILES string of the molecule is COc1ccc(NS(=O)(=O)c2cccc(C(=O)NCc3ccc4[nH]c(C)c(C)c4c3)c2)cc1. The highest BCUT2D eigenvalue weighted by Gasteiger charge is 2.17. The lowest BCUT2D eigenvalue weighted by Crippen LogP contribution is -2.23. The first-order chi connectivity index (χ1) is 15.8. The van der Waals surface area contributed by atoms with Gasteiger partial charge in [-0.15, -0.1) is 0 Å². The largest absolute Gasteiger partial charge is 0.497 e. The molecular formula is C25H25N3O4S. The number of ether oxygens (including phenoxy) is 1. The van der Waals surface area contributed by atoms with Crippen LogP contribution >= 0.6 is 0 Å². The molecule has 0 spiro atoms. The zero-order chi connectivity index (χ0) is 23.6. The van der Waals surface area contributed by atoms with Crippen LogP contribution in [0.4, 0.5) is 5.69 Å². The maximum Gasteiger partial charge on any atom is 0.261 e. The normalized spacial score (nSPS) is 11.4. The van der Waals surface area contributed by atoms with E-state index in [2.05, 4.69) is 21.9 Å². The number of nitrogens with one attached hydrogen (secondary N) is 3. The van der Waals surface area contributed by atoms with Crippen molar-refractivity contribution in [1.82, 2.24) is 10.3 Å². The van der Waals surface area contributed by atoms with Gasteiger partial charge in [0.25, 0.3) is 15.9 Å². The number of hydrogen-bond donors (Lipinski definition) is 3. The molecule has 0 aliphatic rings. The van der Waals surface area contributed by atoms with Gasteiger partial charge in [-0.1, -0.05) is 12.1 Å². The van der Waals surface area contributed by atoms with Crippen LogP contribution in [0.1, 0.15) is 27.2 Å². The summed E-state index contributed by atoms with van der Waals surface area (Å²) in [4.78, 5) is 16.1. The highest BCUT2D eigenvalue weighted by atomic mass is 32.2. The number of carbonyl (C=O) groups is 1. The van der Waals surface area contributed by atoms with E-state index >= 15 is 0 Å². The minimum atomic E-state index is -3.86. The van der Waals surface area contributed by atoms with Gasteiger partial charge in [0.15, 0.2) is 0 Å². The summed E-state index contributed by atoms with van der Waals surface area (Å²) >= 11 is 0. The Bertz CT molecular complexity index is 1420. The molecule has 0 fully saturated rings. The van der Waals surface area contributed by atoms with Gasteiger partial charge in [0, 0.05) is 34.4 Å². The van der Waals surface area contributed by atoms with Gasteiger partial charge in [0.2, 0.25) is 0 Å². The standard InChI is InChI=1S/C25H25N3O4S/c1-16-17(2)27-24-12-7-18(13-23(16)24)15-26-25(29)19-5-4-6-22(14-19)33(30,31)28-20-8-10-21(32-3)11-9-20/h4-14,27-28H,15H2,1-3H3,(H,26,29). The Labute approximate surface area is 192 Å². The highest BCUT2D eigenvalue weighted by molar-refractivity contribution is 7.92. The Hall–Kier alpha value is -3.78. The molecule has 8 heteroatoms. The molecular weight excluding hydrogens is 438 g/mol. The van der Waals surface area contributed by atoms with Crippen LogP contribution in [0, 0.1) is 13.8 Å². The molecule has 170 valence electrons. The van der Waals surface area contributed by atoms with Crippen molar-refractivity contribution in [3.63, 3.8) is 0 Å². The predicted molar refractivity (Wildman–Crippen MR) is 129 cm³/mol. The molecule has 7 nitrogen and oxygen atoms in total. The number of benzene rings is 3. The molecule has 3 N–H and O–H groups in total. The Morgan fingerprint density at radius 3 is 2.48 bits per heavy atom. The number of hydrogen-bond acceptors (Lipinski definition) is 4. The van der Waals surface area contributed by atoms with E-state index in [1.54, 1.807) is 36.4 Å². The number of fused-ring (bicyclic) bond motifs is 1. The number of aryl methyl sites for hydroxylation is 2.